The van der Waals surface area contributed by atoms with Gasteiger partial charge in [-0.2, -0.15) is 0 Å². The molecule has 0 spiro atoms. The molecule has 8 nitrogen and oxygen atoms in total. The van der Waals surface area contributed by atoms with E-state index in [4.69, 9.17) is 9.47 Å². The first-order valence-electron chi connectivity index (χ1n) is 9.75. The van der Waals surface area contributed by atoms with Gasteiger partial charge < -0.3 is 19.4 Å². The molecule has 0 atom stereocenters. The molecule has 1 aromatic heterocycles. The molecule has 1 saturated heterocycles. The average molecular weight is 423 g/mol. The molecule has 1 saturated carbocycles. The third-order valence-electron chi connectivity index (χ3n) is 5.87. The number of halogens is 1. The third-order valence-corrected chi connectivity index (χ3v) is 5.87. The van der Waals surface area contributed by atoms with E-state index in [1.165, 1.54) is 6.33 Å². The summed E-state index contributed by atoms with van der Waals surface area (Å²) in [4.78, 5) is 34.9. The summed E-state index contributed by atoms with van der Waals surface area (Å²) in [6.07, 6.45) is 5.28. The van der Waals surface area contributed by atoms with Gasteiger partial charge in [0.2, 0.25) is 5.91 Å². The Morgan fingerprint density at radius 1 is 1.10 bits per heavy atom. The molecule has 2 aliphatic rings. The molecular weight excluding hydrogens is 396 g/mol. The number of hydrogen-bond acceptors (Lipinski definition) is 6. The summed E-state index contributed by atoms with van der Waals surface area (Å²) >= 11 is 0. The highest BCUT2D eigenvalue weighted by atomic mass is 35.5. The number of carbonyl (C=O) groups excluding carboxylic acids is 1. The Morgan fingerprint density at radius 2 is 1.86 bits per heavy atom. The van der Waals surface area contributed by atoms with Gasteiger partial charge in [-0.15, -0.1) is 12.4 Å². The minimum absolute atomic E-state index is 0. The second-order valence-electron chi connectivity index (χ2n) is 7.59. The molecule has 2 aromatic rings. The van der Waals surface area contributed by atoms with Crippen LogP contribution in [0, 0.1) is 0 Å². The van der Waals surface area contributed by atoms with Crippen molar-refractivity contribution in [3.05, 3.63) is 28.8 Å². The summed E-state index contributed by atoms with van der Waals surface area (Å²) in [6.45, 7) is 2.25. The number of piperazine rings is 1. The largest absolute Gasteiger partial charge is 0.493 e. The number of carbonyl (C=O) groups is 1. The van der Waals surface area contributed by atoms with E-state index >= 15 is 0 Å². The van der Waals surface area contributed by atoms with Crippen LogP contribution in [0.4, 0.5) is 0 Å². The zero-order valence-electron chi connectivity index (χ0n) is 16.7. The first kappa shape index (κ1) is 21.4. The molecule has 0 radical (unpaired) electrons. The molecule has 1 amide bonds. The Labute approximate surface area is 175 Å². The molecule has 29 heavy (non-hydrogen) atoms. The van der Waals surface area contributed by atoms with Crippen molar-refractivity contribution >= 4 is 29.2 Å². The number of fused-ring (bicyclic) bond motifs is 1. The van der Waals surface area contributed by atoms with E-state index in [0.29, 0.717) is 35.0 Å². The molecule has 2 fully saturated rings. The second kappa shape index (κ2) is 9.00. The maximum atomic E-state index is 12.1. The van der Waals surface area contributed by atoms with Gasteiger partial charge in [0, 0.05) is 32.2 Å². The van der Waals surface area contributed by atoms with Crippen LogP contribution >= 0.6 is 12.4 Å². The van der Waals surface area contributed by atoms with Crippen LogP contribution < -0.4 is 15.0 Å². The van der Waals surface area contributed by atoms with E-state index in [1.807, 2.05) is 7.05 Å². The molecule has 9 heteroatoms. The number of aromatic amines is 1. The monoisotopic (exact) mass is 422 g/mol. The van der Waals surface area contributed by atoms with Crippen LogP contribution in [0.1, 0.15) is 25.7 Å². The van der Waals surface area contributed by atoms with E-state index < -0.39 is 0 Å². The smallest absolute Gasteiger partial charge is 0.258 e. The zero-order valence-corrected chi connectivity index (χ0v) is 17.5. The standard InChI is InChI=1S/C20H26N4O4.ClH/c1-23-7-8-24(11-19(23)25)13-3-5-14(6-4-13)28-18-9-15-16(10-17(18)27-2)21-12-22-20(15)26;/h9-10,12-14H,3-8,11H2,1-2H3,(H,21,22,26);1H/t13-,14-;. The number of nitrogens with one attached hydrogen (secondary N) is 1. The predicted molar refractivity (Wildman–Crippen MR) is 112 cm³/mol. The van der Waals surface area contributed by atoms with Crippen molar-refractivity contribution in [3.8, 4) is 11.5 Å². The molecule has 0 bridgehead atoms. The highest BCUT2D eigenvalue weighted by Crippen LogP contribution is 2.34. The van der Waals surface area contributed by atoms with Gasteiger partial charge in [-0.3, -0.25) is 14.5 Å². The van der Waals surface area contributed by atoms with Crippen molar-refractivity contribution in [2.24, 2.45) is 0 Å². The third kappa shape index (κ3) is 4.48. The highest BCUT2D eigenvalue weighted by Gasteiger charge is 2.31. The van der Waals surface area contributed by atoms with Gasteiger partial charge in [0.05, 0.1) is 37.0 Å². The fraction of sp³-hybridized carbons (Fsp3) is 0.550. The summed E-state index contributed by atoms with van der Waals surface area (Å²) < 4.78 is 11.7. The number of hydrogen-bond donors (Lipinski definition) is 1. The normalized spacial score (nSPS) is 23.0. The van der Waals surface area contributed by atoms with E-state index in [0.717, 1.165) is 38.8 Å². The molecule has 2 heterocycles. The van der Waals surface area contributed by atoms with E-state index in [9.17, 15) is 9.59 Å². The predicted octanol–water partition coefficient (Wildman–Crippen LogP) is 1.82. The molecule has 158 valence electrons. The molecular formula is C20H27ClN4O4. The van der Waals surface area contributed by atoms with Crippen LogP contribution in [-0.4, -0.2) is 71.6 Å². The summed E-state index contributed by atoms with van der Waals surface area (Å²) in [6, 6.07) is 3.88. The van der Waals surface area contributed by atoms with Crippen LogP contribution in [0.5, 0.6) is 11.5 Å². The topological polar surface area (TPSA) is 87.8 Å². The zero-order chi connectivity index (χ0) is 19.7. The number of rotatable bonds is 4. The Bertz CT molecular complexity index is 926. The second-order valence-corrected chi connectivity index (χ2v) is 7.59. The summed E-state index contributed by atoms with van der Waals surface area (Å²) in [5.41, 5.74) is 0.386. The van der Waals surface area contributed by atoms with Crippen molar-refractivity contribution in [3.63, 3.8) is 0 Å². The van der Waals surface area contributed by atoms with E-state index in [-0.39, 0.29) is 30.0 Å². The van der Waals surface area contributed by atoms with Crippen LogP contribution in [0.2, 0.25) is 0 Å². The minimum Gasteiger partial charge on any atom is -0.493 e. The molecule has 1 aliphatic carbocycles. The molecule has 1 N–H and O–H groups in total. The van der Waals surface area contributed by atoms with Gasteiger partial charge >= 0.3 is 0 Å². The summed E-state index contributed by atoms with van der Waals surface area (Å²) in [7, 11) is 3.45. The van der Waals surface area contributed by atoms with Crippen LogP contribution in [0.3, 0.4) is 0 Å². The van der Waals surface area contributed by atoms with Gasteiger partial charge in [0.25, 0.3) is 5.56 Å². The Balaban J connectivity index is 0.00000240. The molecule has 4 rings (SSSR count). The van der Waals surface area contributed by atoms with Gasteiger partial charge in [0.15, 0.2) is 11.5 Å². The van der Waals surface area contributed by atoms with Crippen LogP contribution in [0.25, 0.3) is 10.9 Å². The van der Waals surface area contributed by atoms with Crippen molar-refractivity contribution < 1.29 is 14.3 Å². The lowest BCUT2D eigenvalue weighted by Crippen LogP contribution is -2.53. The molecule has 1 aliphatic heterocycles. The van der Waals surface area contributed by atoms with Crippen molar-refractivity contribution in [2.45, 2.75) is 37.8 Å². The number of ether oxygens (including phenoxy) is 2. The summed E-state index contributed by atoms with van der Waals surface area (Å²) in [5.74, 6) is 1.36. The number of nitrogens with zero attached hydrogens (tertiary/aromatic N) is 3. The lowest BCUT2D eigenvalue weighted by molar-refractivity contribution is -0.135. The van der Waals surface area contributed by atoms with Crippen molar-refractivity contribution in [2.75, 3.05) is 33.8 Å². The number of likely N-dealkylation sites (N-methyl/N-ethyl adjacent to an activating group) is 1. The average Bonchev–Trinajstić information content (AvgIpc) is 2.71. The fourth-order valence-corrected chi connectivity index (χ4v) is 4.12. The number of amides is 1. The van der Waals surface area contributed by atoms with E-state index in [2.05, 4.69) is 14.9 Å². The van der Waals surface area contributed by atoms with Gasteiger partial charge in [0.1, 0.15) is 0 Å². The lowest BCUT2D eigenvalue weighted by atomic mass is 9.91. The first-order chi connectivity index (χ1) is 13.5. The maximum absolute atomic E-state index is 12.1. The maximum Gasteiger partial charge on any atom is 0.258 e. The van der Waals surface area contributed by atoms with Gasteiger partial charge in [-0.25, -0.2) is 4.98 Å². The van der Waals surface area contributed by atoms with Crippen LogP contribution in [-0.2, 0) is 4.79 Å². The number of benzene rings is 1. The Kier molecular flexibility index (Phi) is 6.64. The number of H-pyrrole nitrogens is 1. The SMILES string of the molecule is COc1cc2nc[nH]c(=O)c2cc1O[C@H]1CC[C@H](N2CCN(C)C(=O)C2)CC1.Cl. The quantitative estimate of drug-likeness (QED) is 0.808. The summed E-state index contributed by atoms with van der Waals surface area (Å²) in [5, 5.41) is 0.489. The lowest BCUT2D eigenvalue weighted by Gasteiger charge is -2.40. The highest BCUT2D eigenvalue weighted by molar-refractivity contribution is 5.85. The van der Waals surface area contributed by atoms with Gasteiger partial charge in [-0.05, 0) is 31.7 Å². The molecule has 0 unspecified atom stereocenters. The van der Waals surface area contributed by atoms with Gasteiger partial charge in [-0.1, -0.05) is 0 Å². The molecule has 1 aromatic carbocycles. The number of methoxy groups -OCH3 is 1. The number of aromatic nitrogens is 2. The first-order valence-corrected chi connectivity index (χ1v) is 9.75. The Morgan fingerprint density at radius 3 is 2.55 bits per heavy atom. The van der Waals surface area contributed by atoms with Crippen LogP contribution in [0.15, 0.2) is 23.3 Å². The van der Waals surface area contributed by atoms with Crippen molar-refractivity contribution in [1.29, 1.82) is 0 Å². The fourth-order valence-electron chi connectivity index (χ4n) is 4.12. The van der Waals surface area contributed by atoms with Crippen molar-refractivity contribution in [1.82, 2.24) is 19.8 Å². The van der Waals surface area contributed by atoms with E-state index in [1.54, 1.807) is 24.1 Å². The Hall–Kier alpha value is -2.32. The minimum atomic E-state index is -0.194.